The number of carbonyl (C=O) groups is 2. The quantitative estimate of drug-likeness (QED) is 0.695. The second-order valence-electron chi connectivity index (χ2n) is 2.75. The number of benzene rings is 1. The van der Waals surface area contributed by atoms with Crippen molar-refractivity contribution in [1.29, 1.82) is 0 Å². The van der Waals surface area contributed by atoms with E-state index in [9.17, 15) is 14.0 Å². The zero-order chi connectivity index (χ0) is 11.4. The van der Waals surface area contributed by atoms with Crippen LogP contribution in [0.3, 0.4) is 0 Å². The molecule has 0 amide bonds. The fourth-order valence-corrected chi connectivity index (χ4v) is 0.977. The van der Waals surface area contributed by atoms with Gasteiger partial charge in [0.2, 0.25) is 0 Å². The number of halogens is 1. The molecular formula is C9H8FNO4. The fourth-order valence-electron chi connectivity index (χ4n) is 0.977. The Kier molecular flexibility index (Phi) is 3.22. The molecule has 0 heterocycles. The SMILES string of the molecule is O=C(O)CNc1ccc(F)c(C(=O)O)c1. The summed E-state index contributed by atoms with van der Waals surface area (Å²) in [6.07, 6.45) is 0. The second kappa shape index (κ2) is 4.41. The number of hydrogen-bond donors (Lipinski definition) is 3. The van der Waals surface area contributed by atoms with Crippen LogP contribution in [0.15, 0.2) is 18.2 Å². The lowest BCUT2D eigenvalue weighted by Crippen LogP contribution is -2.13. The highest BCUT2D eigenvalue weighted by molar-refractivity contribution is 5.89. The minimum Gasteiger partial charge on any atom is -0.480 e. The third-order valence-corrected chi connectivity index (χ3v) is 1.64. The molecule has 1 aromatic carbocycles. The molecule has 0 radical (unpaired) electrons. The first-order valence-corrected chi connectivity index (χ1v) is 3.99. The van der Waals surface area contributed by atoms with Gasteiger partial charge in [-0.05, 0) is 18.2 Å². The van der Waals surface area contributed by atoms with Crippen molar-refractivity contribution in [3.63, 3.8) is 0 Å². The van der Waals surface area contributed by atoms with E-state index >= 15 is 0 Å². The van der Waals surface area contributed by atoms with Gasteiger partial charge in [-0.25, -0.2) is 9.18 Å². The van der Waals surface area contributed by atoms with Crippen LogP contribution >= 0.6 is 0 Å². The summed E-state index contributed by atoms with van der Waals surface area (Å²) in [4.78, 5) is 20.7. The molecule has 1 rings (SSSR count). The van der Waals surface area contributed by atoms with Crippen LogP contribution in [0.5, 0.6) is 0 Å². The van der Waals surface area contributed by atoms with Crippen LogP contribution in [0.4, 0.5) is 10.1 Å². The summed E-state index contributed by atoms with van der Waals surface area (Å²) in [5, 5.41) is 19.4. The maximum Gasteiger partial charge on any atom is 0.338 e. The molecule has 0 saturated carbocycles. The average Bonchev–Trinajstić information content (AvgIpc) is 2.16. The molecule has 80 valence electrons. The van der Waals surface area contributed by atoms with Crippen LogP contribution in [-0.4, -0.2) is 28.7 Å². The molecule has 6 heteroatoms. The first kappa shape index (κ1) is 11.0. The van der Waals surface area contributed by atoms with Crippen molar-refractivity contribution in [2.45, 2.75) is 0 Å². The van der Waals surface area contributed by atoms with E-state index in [1.807, 2.05) is 0 Å². The maximum atomic E-state index is 12.9. The minimum absolute atomic E-state index is 0.246. The van der Waals surface area contributed by atoms with Crippen molar-refractivity contribution in [3.05, 3.63) is 29.6 Å². The Morgan fingerprint density at radius 3 is 2.53 bits per heavy atom. The predicted octanol–water partition coefficient (Wildman–Crippen LogP) is 1.02. The Hall–Kier alpha value is -2.11. The third-order valence-electron chi connectivity index (χ3n) is 1.64. The molecule has 0 aliphatic heterocycles. The first-order chi connectivity index (χ1) is 7.00. The Morgan fingerprint density at radius 1 is 1.33 bits per heavy atom. The van der Waals surface area contributed by atoms with Crippen LogP contribution in [0, 0.1) is 5.82 Å². The summed E-state index contributed by atoms with van der Waals surface area (Å²) in [5.41, 5.74) is -0.249. The molecule has 3 N–H and O–H groups in total. The molecular weight excluding hydrogens is 205 g/mol. The molecule has 1 aromatic rings. The molecule has 0 aromatic heterocycles. The Balaban J connectivity index is 2.87. The van der Waals surface area contributed by atoms with Crippen molar-refractivity contribution >= 4 is 17.6 Å². The topological polar surface area (TPSA) is 86.6 Å². The largest absolute Gasteiger partial charge is 0.480 e. The van der Waals surface area contributed by atoms with Crippen molar-refractivity contribution in [2.75, 3.05) is 11.9 Å². The summed E-state index contributed by atoms with van der Waals surface area (Å²) in [6, 6.07) is 3.28. The first-order valence-electron chi connectivity index (χ1n) is 3.99. The lowest BCUT2D eigenvalue weighted by Gasteiger charge is -2.04. The van der Waals surface area contributed by atoms with Gasteiger partial charge in [0.15, 0.2) is 0 Å². The molecule has 0 unspecified atom stereocenters. The van der Waals surface area contributed by atoms with E-state index in [2.05, 4.69) is 5.32 Å². The van der Waals surface area contributed by atoms with Gasteiger partial charge in [-0.3, -0.25) is 4.79 Å². The molecule has 5 nitrogen and oxygen atoms in total. The Labute approximate surface area is 84.2 Å². The van der Waals surface area contributed by atoms with E-state index in [4.69, 9.17) is 10.2 Å². The third kappa shape index (κ3) is 2.94. The summed E-state index contributed by atoms with van der Waals surface area (Å²) >= 11 is 0. The number of nitrogens with one attached hydrogen (secondary N) is 1. The molecule has 0 bridgehead atoms. The molecule has 0 fully saturated rings. The van der Waals surface area contributed by atoms with Crippen molar-refractivity contribution < 1.29 is 24.2 Å². The zero-order valence-electron chi connectivity index (χ0n) is 7.53. The molecule has 0 aliphatic carbocycles. The highest BCUT2D eigenvalue weighted by atomic mass is 19.1. The molecule has 0 spiro atoms. The van der Waals surface area contributed by atoms with Gasteiger partial charge in [0.1, 0.15) is 12.4 Å². The summed E-state index contributed by atoms with van der Waals surface area (Å²) in [6.45, 7) is -0.356. The molecule has 0 aliphatic rings. The van der Waals surface area contributed by atoms with Gasteiger partial charge in [0.25, 0.3) is 0 Å². The number of aromatic carboxylic acids is 1. The van der Waals surface area contributed by atoms with Crippen LogP contribution < -0.4 is 5.32 Å². The van der Waals surface area contributed by atoms with Gasteiger partial charge in [-0.15, -0.1) is 0 Å². The number of aliphatic carboxylic acids is 1. The molecule has 0 saturated heterocycles. The van der Waals surface area contributed by atoms with Gasteiger partial charge in [0, 0.05) is 5.69 Å². The van der Waals surface area contributed by atoms with Gasteiger partial charge in [-0.2, -0.15) is 0 Å². The Morgan fingerprint density at radius 2 is 2.00 bits per heavy atom. The molecule has 0 atom stereocenters. The van der Waals surface area contributed by atoms with Crippen LogP contribution in [0.2, 0.25) is 0 Å². The second-order valence-corrected chi connectivity index (χ2v) is 2.75. The van der Waals surface area contributed by atoms with E-state index in [1.54, 1.807) is 0 Å². The van der Waals surface area contributed by atoms with Gasteiger partial charge < -0.3 is 15.5 Å². The van der Waals surface area contributed by atoms with Crippen LogP contribution in [-0.2, 0) is 4.79 Å². The number of anilines is 1. The highest BCUT2D eigenvalue weighted by Gasteiger charge is 2.10. The lowest BCUT2D eigenvalue weighted by molar-refractivity contribution is -0.134. The van der Waals surface area contributed by atoms with Gasteiger partial charge in [-0.1, -0.05) is 0 Å². The van der Waals surface area contributed by atoms with Gasteiger partial charge in [0.05, 0.1) is 5.56 Å². The minimum atomic E-state index is -1.40. The van der Waals surface area contributed by atoms with E-state index in [0.29, 0.717) is 0 Å². The number of carboxylic acid groups (broad SMARTS) is 2. The smallest absolute Gasteiger partial charge is 0.338 e. The van der Waals surface area contributed by atoms with E-state index < -0.39 is 23.3 Å². The van der Waals surface area contributed by atoms with Crippen molar-refractivity contribution in [3.8, 4) is 0 Å². The van der Waals surface area contributed by atoms with Crippen LogP contribution in [0.1, 0.15) is 10.4 Å². The highest BCUT2D eigenvalue weighted by Crippen LogP contribution is 2.14. The lowest BCUT2D eigenvalue weighted by atomic mass is 10.2. The van der Waals surface area contributed by atoms with Crippen LogP contribution in [0.25, 0.3) is 0 Å². The zero-order valence-corrected chi connectivity index (χ0v) is 7.53. The molecule has 15 heavy (non-hydrogen) atoms. The number of carboxylic acids is 2. The number of rotatable bonds is 4. The normalized spacial score (nSPS) is 9.67. The summed E-state index contributed by atoms with van der Waals surface area (Å²) < 4.78 is 12.9. The predicted molar refractivity (Wildman–Crippen MR) is 49.5 cm³/mol. The monoisotopic (exact) mass is 213 g/mol. The van der Waals surface area contributed by atoms with Crippen molar-refractivity contribution in [1.82, 2.24) is 0 Å². The maximum absolute atomic E-state index is 12.9. The van der Waals surface area contributed by atoms with E-state index in [-0.39, 0.29) is 12.2 Å². The summed E-state index contributed by atoms with van der Waals surface area (Å²) in [5.74, 6) is -3.34. The van der Waals surface area contributed by atoms with Gasteiger partial charge >= 0.3 is 11.9 Å². The Bertz CT molecular complexity index is 405. The standard InChI is InChI=1S/C9H8FNO4/c10-7-2-1-5(11-4-8(12)13)3-6(7)9(14)15/h1-3,11H,4H2,(H,12,13)(H,14,15). The van der Waals surface area contributed by atoms with Crippen molar-refractivity contribution in [2.24, 2.45) is 0 Å². The average molecular weight is 213 g/mol. The fraction of sp³-hybridized carbons (Fsp3) is 0.111. The van der Waals surface area contributed by atoms with E-state index in [0.717, 1.165) is 12.1 Å². The number of hydrogen-bond acceptors (Lipinski definition) is 3. The van der Waals surface area contributed by atoms with E-state index in [1.165, 1.54) is 6.07 Å². The summed E-state index contributed by atoms with van der Waals surface area (Å²) in [7, 11) is 0.